The monoisotopic (exact) mass is 975 g/mol. The van der Waals surface area contributed by atoms with E-state index in [-0.39, 0.29) is 46.2 Å². The van der Waals surface area contributed by atoms with Gasteiger partial charge in [0, 0.05) is 17.3 Å². The number of fused-ring (bicyclic) bond motifs is 5. The van der Waals surface area contributed by atoms with Crippen LogP contribution in [0.15, 0.2) is 11.6 Å². The topological polar surface area (TPSA) is 315 Å². The Morgan fingerprint density at radius 2 is 1.28 bits per heavy atom. The molecule has 0 aromatic carbocycles. The van der Waals surface area contributed by atoms with E-state index < -0.39 is 141 Å². The Morgan fingerprint density at radius 1 is 0.721 bits per heavy atom. The van der Waals surface area contributed by atoms with Gasteiger partial charge in [-0.25, -0.2) is 0 Å². The molecule has 0 aromatic rings. The summed E-state index contributed by atoms with van der Waals surface area (Å²) >= 11 is 0. The van der Waals surface area contributed by atoms with Crippen molar-refractivity contribution in [1.82, 2.24) is 0 Å². The number of aliphatic hydroxyl groups excluding tert-OH is 11. The standard InChI is InChI=1S/C49H82O19/c1-22(23-14-16-46(6)28-12-11-27-44(2,3)29(52)15-17-47(27,7)49(28,9)30(53)18-48(23,46)8)10-13-31(45(4,5)62)67-43-40(68-42-39(61)36(58)33(55)25(20-51)65-42)37(59)34(56)26(66-43)21-63-41-38(60)35(57)32(54)24(19-50)64-41/h11,22-26,28,30-43,50-51,53-62H,10,12-21H2,1-9H3/t22-,23-,24-,25-,26-,28?,30-,31-,32-,33-,34-,35+,36+,37+,38-,39-,40-,41-,42+,43+,46+,47-,48-,49+/m1/s1. The molecule has 68 heavy (non-hydrogen) atoms. The van der Waals surface area contributed by atoms with Gasteiger partial charge in [0.05, 0.1) is 37.6 Å². The van der Waals surface area contributed by atoms with Crippen LogP contribution in [0.25, 0.3) is 0 Å². The Bertz CT molecular complexity index is 1800. The number of allylic oxidation sites excluding steroid dienone is 2. The normalized spacial score (nSPS) is 50.4. The largest absolute Gasteiger partial charge is 0.394 e. The van der Waals surface area contributed by atoms with Gasteiger partial charge in [-0.3, -0.25) is 4.79 Å². The Morgan fingerprint density at radius 3 is 1.87 bits per heavy atom. The van der Waals surface area contributed by atoms with E-state index in [1.807, 2.05) is 13.8 Å². The highest BCUT2D eigenvalue weighted by Gasteiger charge is 2.73. The van der Waals surface area contributed by atoms with Gasteiger partial charge in [-0.1, -0.05) is 46.3 Å². The second kappa shape index (κ2) is 19.5. The summed E-state index contributed by atoms with van der Waals surface area (Å²) in [5.41, 5.74) is -2.21. The minimum absolute atomic E-state index is 0.0591. The smallest absolute Gasteiger partial charge is 0.187 e. The first-order valence-electron chi connectivity index (χ1n) is 24.7. The van der Waals surface area contributed by atoms with Crippen molar-refractivity contribution in [2.24, 2.45) is 44.8 Å². The molecule has 392 valence electrons. The zero-order chi connectivity index (χ0) is 50.4. The van der Waals surface area contributed by atoms with E-state index in [4.69, 9.17) is 28.4 Å². The highest BCUT2D eigenvalue weighted by Crippen LogP contribution is 2.77. The van der Waals surface area contributed by atoms with Crippen molar-refractivity contribution in [2.45, 2.75) is 224 Å². The van der Waals surface area contributed by atoms with E-state index in [9.17, 15) is 66.1 Å². The average Bonchev–Trinajstić information content (AvgIpc) is 3.55. The Labute approximate surface area is 399 Å². The molecule has 6 fully saturated rings. The molecule has 1 unspecified atom stereocenters. The molecule has 3 heterocycles. The van der Waals surface area contributed by atoms with Crippen molar-refractivity contribution in [3.05, 3.63) is 11.6 Å². The number of ketones is 1. The predicted octanol–water partition coefficient (Wildman–Crippen LogP) is -0.458. The molecule has 19 heteroatoms. The molecule has 0 radical (unpaired) electrons. The van der Waals surface area contributed by atoms with Crippen LogP contribution in [0, 0.1) is 44.8 Å². The quantitative estimate of drug-likeness (QED) is 0.0981. The van der Waals surface area contributed by atoms with Crippen LogP contribution in [-0.2, 0) is 33.2 Å². The van der Waals surface area contributed by atoms with E-state index in [0.29, 0.717) is 25.7 Å². The lowest BCUT2D eigenvalue weighted by atomic mass is 9.34. The van der Waals surface area contributed by atoms with E-state index >= 15 is 0 Å². The van der Waals surface area contributed by atoms with Gasteiger partial charge in [0.15, 0.2) is 18.9 Å². The van der Waals surface area contributed by atoms with Crippen LogP contribution in [0.2, 0.25) is 0 Å². The summed E-state index contributed by atoms with van der Waals surface area (Å²) in [5, 5.41) is 130. The molecule has 3 saturated carbocycles. The fraction of sp³-hybridized carbons (Fsp3) is 0.939. The van der Waals surface area contributed by atoms with Gasteiger partial charge in [-0.2, -0.15) is 0 Å². The van der Waals surface area contributed by atoms with E-state index in [0.717, 1.165) is 24.8 Å². The molecule has 4 aliphatic carbocycles. The van der Waals surface area contributed by atoms with Crippen LogP contribution in [0.1, 0.15) is 114 Å². The molecule has 7 aliphatic rings. The van der Waals surface area contributed by atoms with Crippen LogP contribution in [-0.4, -0.2) is 197 Å². The summed E-state index contributed by atoms with van der Waals surface area (Å²) in [7, 11) is 0. The SMILES string of the molecule is C[C@H](CC[C@@H](O[C@@H]1O[C@H](CO[C@@H]2O[C@H](CO)[C@@H](O)[C@H](O)[C@H]2O)[C@@H](O)[C@H](O)[C@H]1O[C@@H]1O[C@H](CO)[C@@H](O)[C@H](O)[C@H]1O)C(C)(C)O)[C@H]1CC[C@@]2(C)C3CC=C4C(C)(C)C(=O)CC[C@@]4(C)[C@]3(C)[C@H](O)C[C@]12C. The van der Waals surface area contributed by atoms with Crippen LogP contribution < -0.4 is 0 Å². The number of aliphatic hydroxyl groups is 12. The van der Waals surface area contributed by atoms with Gasteiger partial charge in [0.1, 0.15) is 79.0 Å². The first-order chi connectivity index (χ1) is 31.5. The fourth-order valence-corrected chi connectivity index (χ4v) is 14.4. The van der Waals surface area contributed by atoms with Crippen molar-refractivity contribution in [1.29, 1.82) is 0 Å². The summed E-state index contributed by atoms with van der Waals surface area (Å²) in [5.74, 6) is 0.637. The minimum Gasteiger partial charge on any atom is -0.394 e. The van der Waals surface area contributed by atoms with Crippen LogP contribution in [0.5, 0.6) is 0 Å². The van der Waals surface area contributed by atoms with Crippen LogP contribution in [0.4, 0.5) is 0 Å². The maximum absolute atomic E-state index is 13.2. The molecule has 0 spiro atoms. The Kier molecular flexibility index (Phi) is 15.6. The lowest BCUT2D eigenvalue weighted by Crippen LogP contribution is -2.67. The van der Waals surface area contributed by atoms with Gasteiger partial charge in [0.2, 0.25) is 0 Å². The van der Waals surface area contributed by atoms with Crippen molar-refractivity contribution in [2.75, 3.05) is 19.8 Å². The van der Waals surface area contributed by atoms with Crippen LogP contribution >= 0.6 is 0 Å². The second-order valence-corrected chi connectivity index (χ2v) is 23.5. The molecule has 7 rings (SSSR count). The summed E-state index contributed by atoms with van der Waals surface area (Å²) < 4.78 is 35.5. The minimum atomic E-state index is -1.90. The third-order valence-electron chi connectivity index (χ3n) is 19.2. The maximum atomic E-state index is 13.2. The zero-order valence-corrected chi connectivity index (χ0v) is 41.1. The number of hydrogen-bond donors (Lipinski definition) is 12. The molecular formula is C49H82O19. The fourth-order valence-electron chi connectivity index (χ4n) is 14.4. The molecule has 12 N–H and O–H groups in total. The summed E-state index contributed by atoms with van der Waals surface area (Å²) in [4.78, 5) is 13.2. The van der Waals surface area contributed by atoms with Gasteiger partial charge in [0.25, 0.3) is 0 Å². The zero-order valence-electron chi connectivity index (χ0n) is 41.1. The first kappa shape index (κ1) is 54.5. The molecule has 19 nitrogen and oxygen atoms in total. The predicted molar refractivity (Wildman–Crippen MR) is 239 cm³/mol. The second-order valence-electron chi connectivity index (χ2n) is 23.5. The van der Waals surface area contributed by atoms with Crippen molar-refractivity contribution >= 4 is 5.78 Å². The average molecular weight is 975 g/mol. The number of hydrogen-bond acceptors (Lipinski definition) is 19. The molecule has 0 aromatic heterocycles. The molecule has 3 saturated heterocycles. The summed E-state index contributed by atoms with van der Waals surface area (Å²) in [6.45, 7) is 16.4. The summed E-state index contributed by atoms with van der Waals surface area (Å²) in [6, 6.07) is 0. The Hall–Kier alpha value is -1.31. The molecule has 0 bridgehead atoms. The number of rotatable bonds is 14. The number of ether oxygens (including phenoxy) is 6. The molecule has 0 amide bonds. The third-order valence-corrected chi connectivity index (χ3v) is 19.2. The number of carbonyl (C=O) groups excluding carboxylic acids is 1. The van der Waals surface area contributed by atoms with E-state index in [2.05, 4.69) is 40.7 Å². The van der Waals surface area contributed by atoms with Gasteiger partial charge in [-0.15, -0.1) is 0 Å². The van der Waals surface area contributed by atoms with Gasteiger partial charge >= 0.3 is 0 Å². The first-order valence-corrected chi connectivity index (χ1v) is 24.7. The lowest BCUT2D eigenvalue weighted by Gasteiger charge is -2.70. The van der Waals surface area contributed by atoms with Crippen molar-refractivity contribution in [3.8, 4) is 0 Å². The van der Waals surface area contributed by atoms with E-state index in [1.165, 1.54) is 0 Å². The third kappa shape index (κ3) is 8.80. The number of carbonyl (C=O) groups is 1. The lowest BCUT2D eigenvalue weighted by molar-refractivity contribution is -0.380. The Balaban J connectivity index is 1.11. The highest BCUT2D eigenvalue weighted by molar-refractivity contribution is 5.89. The van der Waals surface area contributed by atoms with Gasteiger partial charge in [-0.05, 0) is 107 Å². The number of Topliss-reactive ketones (excluding diaryl/α,β-unsaturated/α-hetero) is 1. The maximum Gasteiger partial charge on any atom is 0.187 e. The van der Waals surface area contributed by atoms with Crippen molar-refractivity contribution in [3.63, 3.8) is 0 Å². The van der Waals surface area contributed by atoms with Crippen molar-refractivity contribution < 1.29 is 94.5 Å². The molecule has 3 aliphatic heterocycles. The van der Waals surface area contributed by atoms with E-state index in [1.54, 1.807) is 13.8 Å². The summed E-state index contributed by atoms with van der Waals surface area (Å²) in [6.07, 6.45) is -19.5. The highest BCUT2D eigenvalue weighted by atomic mass is 16.8. The molecular weight excluding hydrogens is 893 g/mol. The van der Waals surface area contributed by atoms with Gasteiger partial charge < -0.3 is 89.7 Å². The molecule has 24 atom stereocenters. The van der Waals surface area contributed by atoms with Crippen LogP contribution in [0.3, 0.4) is 0 Å².